The SMILES string of the molecule is CC(C)C(O)c1ccc2c(c1)CC(C(=O)O)O2. The molecule has 2 atom stereocenters. The first-order valence-electron chi connectivity index (χ1n) is 5.69. The summed E-state index contributed by atoms with van der Waals surface area (Å²) in [6, 6.07) is 5.36. The van der Waals surface area contributed by atoms with Crippen molar-refractivity contribution in [2.45, 2.75) is 32.5 Å². The minimum absolute atomic E-state index is 0.130. The zero-order chi connectivity index (χ0) is 12.6. The van der Waals surface area contributed by atoms with Crippen LogP contribution in [-0.4, -0.2) is 22.3 Å². The topological polar surface area (TPSA) is 66.8 Å². The number of carboxylic acid groups (broad SMARTS) is 1. The average molecular weight is 236 g/mol. The van der Waals surface area contributed by atoms with E-state index in [4.69, 9.17) is 9.84 Å². The van der Waals surface area contributed by atoms with Crippen LogP contribution in [-0.2, 0) is 11.2 Å². The van der Waals surface area contributed by atoms with Crippen molar-refractivity contribution in [3.05, 3.63) is 29.3 Å². The molecule has 92 valence electrons. The number of benzene rings is 1. The lowest BCUT2D eigenvalue weighted by Crippen LogP contribution is -2.24. The fraction of sp³-hybridized carbons (Fsp3) is 0.462. The van der Waals surface area contributed by atoms with Crippen LogP contribution in [0.25, 0.3) is 0 Å². The van der Waals surface area contributed by atoms with E-state index < -0.39 is 18.2 Å². The molecule has 1 aromatic rings. The number of hydrogen-bond acceptors (Lipinski definition) is 3. The molecule has 0 aliphatic carbocycles. The number of aliphatic hydroxyl groups excluding tert-OH is 1. The Balaban J connectivity index is 2.24. The van der Waals surface area contributed by atoms with Gasteiger partial charge in [-0.15, -0.1) is 0 Å². The molecule has 1 aliphatic rings. The Labute approximate surface area is 99.8 Å². The third-order valence-electron chi connectivity index (χ3n) is 3.01. The summed E-state index contributed by atoms with van der Waals surface area (Å²) in [5.74, 6) is -0.213. The second kappa shape index (κ2) is 4.37. The summed E-state index contributed by atoms with van der Waals surface area (Å²) >= 11 is 0. The highest BCUT2D eigenvalue weighted by Crippen LogP contribution is 2.32. The second-order valence-electron chi connectivity index (χ2n) is 4.70. The Hall–Kier alpha value is -1.55. The maximum Gasteiger partial charge on any atom is 0.345 e. The van der Waals surface area contributed by atoms with Crippen molar-refractivity contribution in [3.8, 4) is 5.75 Å². The molecule has 0 radical (unpaired) electrons. The highest BCUT2D eigenvalue weighted by Gasteiger charge is 2.29. The molecule has 0 aromatic heterocycles. The first-order valence-corrected chi connectivity index (χ1v) is 5.69. The molecule has 4 nitrogen and oxygen atoms in total. The number of rotatable bonds is 3. The molecule has 2 unspecified atom stereocenters. The van der Waals surface area contributed by atoms with E-state index in [0.717, 1.165) is 11.1 Å². The van der Waals surface area contributed by atoms with Gasteiger partial charge >= 0.3 is 5.97 Å². The quantitative estimate of drug-likeness (QED) is 0.839. The first kappa shape index (κ1) is 11.9. The Morgan fingerprint density at radius 2 is 2.18 bits per heavy atom. The number of fused-ring (bicyclic) bond motifs is 1. The van der Waals surface area contributed by atoms with Gasteiger partial charge < -0.3 is 14.9 Å². The molecule has 0 fully saturated rings. The van der Waals surface area contributed by atoms with Crippen molar-refractivity contribution in [2.75, 3.05) is 0 Å². The summed E-state index contributed by atoms with van der Waals surface area (Å²) < 4.78 is 5.28. The molecule has 0 saturated heterocycles. The van der Waals surface area contributed by atoms with Crippen molar-refractivity contribution in [2.24, 2.45) is 5.92 Å². The monoisotopic (exact) mass is 236 g/mol. The number of aliphatic hydroxyl groups is 1. The van der Waals surface area contributed by atoms with Crippen LogP contribution in [0.2, 0.25) is 0 Å². The minimum atomic E-state index is -0.952. The van der Waals surface area contributed by atoms with E-state index in [0.29, 0.717) is 12.2 Å². The normalized spacial score (nSPS) is 19.9. The summed E-state index contributed by atoms with van der Waals surface area (Å²) in [6.07, 6.45) is -0.954. The number of hydrogen-bond donors (Lipinski definition) is 2. The molecule has 0 saturated carbocycles. The van der Waals surface area contributed by atoms with Crippen LogP contribution < -0.4 is 4.74 Å². The molecule has 1 heterocycles. The molecule has 0 bridgehead atoms. The molecule has 2 N–H and O–H groups in total. The van der Waals surface area contributed by atoms with E-state index in [1.54, 1.807) is 12.1 Å². The number of ether oxygens (including phenoxy) is 1. The zero-order valence-electron chi connectivity index (χ0n) is 9.88. The van der Waals surface area contributed by atoms with Crippen molar-refractivity contribution < 1.29 is 19.7 Å². The fourth-order valence-electron chi connectivity index (χ4n) is 1.98. The van der Waals surface area contributed by atoms with Gasteiger partial charge in [-0.25, -0.2) is 4.79 Å². The van der Waals surface area contributed by atoms with Gasteiger partial charge in [0, 0.05) is 6.42 Å². The summed E-state index contributed by atoms with van der Waals surface area (Å²) in [6.45, 7) is 3.88. The molecule has 0 amide bonds. The van der Waals surface area contributed by atoms with Crippen molar-refractivity contribution in [1.29, 1.82) is 0 Å². The van der Waals surface area contributed by atoms with Gasteiger partial charge in [0.1, 0.15) is 5.75 Å². The Kier molecular flexibility index (Phi) is 3.07. The van der Waals surface area contributed by atoms with Crippen molar-refractivity contribution in [3.63, 3.8) is 0 Å². The van der Waals surface area contributed by atoms with Gasteiger partial charge in [0.05, 0.1) is 6.10 Å². The molecule has 2 rings (SSSR count). The van der Waals surface area contributed by atoms with Gasteiger partial charge in [0.15, 0.2) is 6.10 Å². The maximum absolute atomic E-state index is 10.8. The lowest BCUT2D eigenvalue weighted by molar-refractivity contribution is -0.144. The van der Waals surface area contributed by atoms with Crippen LogP contribution >= 0.6 is 0 Å². The van der Waals surface area contributed by atoms with E-state index >= 15 is 0 Å². The molecule has 0 spiro atoms. The highest BCUT2D eigenvalue weighted by molar-refractivity contribution is 5.74. The smallest absolute Gasteiger partial charge is 0.345 e. The number of carbonyl (C=O) groups is 1. The van der Waals surface area contributed by atoms with Crippen LogP contribution in [0.1, 0.15) is 31.1 Å². The average Bonchev–Trinajstić information content (AvgIpc) is 2.70. The van der Waals surface area contributed by atoms with E-state index in [2.05, 4.69) is 0 Å². The molecule has 1 aliphatic heterocycles. The van der Waals surface area contributed by atoms with E-state index in [1.165, 1.54) is 0 Å². The van der Waals surface area contributed by atoms with Gasteiger partial charge in [0.2, 0.25) is 0 Å². The predicted molar refractivity (Wildman–Crippen MR) is 62.0 cm³/mol. The lowest BCUT2D eigenvalue weighted by atomic mass is 9.96. The van der Waals surface area contributed by atoms with Crippen LogP contribution in [0.4, 0.5) is 0 Å². The van der Waals surface area contributed by atoms with Gasteiger partial charge in [-0.1, -0.05) is 19.9 Å². The first-order chi connectivity index (χ1) is 7.99. The summed E-state index contributed by atoms with van der Waals surface area (Å²) in [5.41, 5.74) is 1.67. The van der Waals surface area contributed by atoms with Gasteiger partial charge in [-0.2, -0.15) is 0 Å². The number of aliphatic carboxylic acids is 1. The van der Waals surface area contributed by atoms with Gasteiger partial charge in [-0.3, -0.25) is 0 Å². The van der Waals surface area contributed by atoms with Crippen molar-refractivity contribution >= 4 is 5.97 Å². The molecule has 1 aromatic carbocycles. The molecular formula is C13H16O4. The Morgan fingerprint density at radius 3 is 2.76 bits per heavy atom. The third-order valence-corrected chi connectivity index (χ3v) is 3.01. The van der Waals surface area contributed by atoms with Gasteiger partial charge in [-0.05, 0) is 29.2 Å². The van der Waals surface area contributed by atoms with E-state index in [1.807, 2.05) is 19.9 Å². The zero-order valence-corrected chi connectivity index (χ0v) is 9.88. The van der Waals surface area contributed by atoms with E-state index in [-0.39, 0.29) is 5.92 Å². The highest BCUT2D eigenvalue weighted by atomic mass is 16.5. The molecule has 4 heteroatoms. The van der Waals surface area contributed by atoms with Crippen molar-refractivity contribution in [1.82, 2.24) is 0 Å². The summed E-state index contributed by atoms with van der Waals surface area (Å²) in [4.78, 5) is 10.8. The van der Waals surface area contributed by atoms with Crippen LogP contribution in [0.5, 0.6) is 5.75 Å². The summed E-state index contributed by atoms with van der Waals surface area (Å²) in [7, 11) is 0. The predicted octanol–water partition coefficient (Wildman–Crippen LogP) is 1.76. The summed E-state index contributed by atoms with van der Waals surface area (Å²) in [5, 5.41) is 18.8. The Morgan fingerprint density at radius 1 is 1.47 bits per heavy atom. The van der Waals surface area contributed by atoms with Crippen LogP contribution in [0.15, 0.2) is 18.2 Å². The van der Waals surface area contributed by atoms with E-state index in [9.17, 15) is 9.90 Å². The van der Waals surface area contributed by atoms with Gasteiger partial charge in [0.25, 0.3) is 0 Å². The molecule has 17 heavy (non-hydrogen) atoms. The lowest BCUT2D eigenvalue weighted by Gasteiger charge is -2.15. The van der Waals surface area contributed by atoms with Crippen LogP contribution in [0, 0.1) is 5.92 Å². The second-order valence-corrected chi connectivity index (χ2v) is 4.70. The molecular weight excluding hydrogens is 220 g/mol. The maximum atomic E-state index is 10.8. The van der Waals surface area contributed by atoms with Crippen LogP contribution in [0.3, 0.4) is 0 Å². The number of carboxylic acids is 1. The Bertz CT molecular complexity index is 439. The third kappa shape index (κ3) is 2.26. The largest absolute Gasteiger partial charge is 0.478 e. The fourth-order valence-corrected chi connectivity index (χ4v) is 1.98. The minimum Gasteiger partial charge on any atom is -0.478 e. The standard InChI is InChI=1S/C13H16O4/c1-7(2)12(14)8-3-4-10-9(5-8)6-11(17-10)13(15)16/h3-5,7,11-12,14H,6H2,1-2H3,(H,15,16).